The maximum absolute atomic E-state index is 13.2. The Morgan fingerprint density at radius 3 is 2.71 bits per heavy atom. The van der Waals surface area contributed by atoms with Crippen LogP contribution in [0.25, 0.3) is 0 Å². The summed E-state index contributed by atoms with van der Waals surface area (Å²) in [6.45, 7) is 2.60. The molecule has 4 heteroatoms. The molecule has 1 unspecified atom stereocenters. The molecule has 1 atom stereocenters. The average molecular weight is 308 g/mol. The van der Waals surface area contributed by atoms with E-state index in [1.807, 2.05) is 32.2 Å². The van der Waals surface area contributed by atoms with Gasteiger partial charge in [0.1, 0.15) is 11.6 Å². The number of likely N-dealkylation sites (N-methyl/N-ethyl adjacent to an activating group) is 1. The highest BCUT2D eigenvalue weighted by molar-refractivity contribution is 6.30. The Bertz CT molecular complexity index is 603. The Morgan fingerprint density at radius 1 is 1.24 bits per heavy atom. The SMILES string of the molecule is CCOc1cccc(C(Cc2ccc(F)c(Cl)c2)NC)c1. The molecule has 2 nitrogen and oxygen atoms in total. The van der Waals surface area contributed by atoms with Gasteiger partial charge in [-0.05, 0) is 55.8 Å². The molecule has 0 fully saturated rings. The summed E-state index contributed by atoms with van der Waals surface area (Å²) >= 11 is 5.84. The Kier molecular flexibility index (Phi) is 5.59. The lowest BCUT2D eigenvalue weighted by Gasteiger charge is -2.18. The second kappa shape index (κ2) is 7.43. The second-order valence-electron chi connectivity index (χ2n) is 4.80. The summed E-state index contributed by atoms with van der Waals surface area (Å²) in [7, 11) is 1.91. The Morgan fingerprint density at radius 2 is 2.05 bits per heavy atom. The van der Waals surface area contributed by atoms with E-state index in [1.54, 1.807) is 12.1 Å². The third-order valence-corrected chi connectivity index (χ3v) is 3.63. The van der Waals surface area contributed by atoms with Crippen LogP contribution >= 0.6 is 11.6 Å². The van der Waals surface area contributed by atoms with Crippen molar-refractivity contribution in [2.75, 3.05) is 13.7 Å². The molecule has 0 saturated carbocycles. The van der Waals surface area contributed by atoms with Crippen molar-refractivity contribution in [2.24, 2.45) is 0 Å². The normalized spacial score (nSPS) is 12.2. The van der Waals surface area contributed by atoms with Crippen molar-refractivity contribution < 1.29 is 9.13 Å². The molecule has 0 heterocycles. The lowest BCUT2D eigenvalue weighted by molar-refractivity contribution is 0.339. The maximum atomic E-state index is 13.2. The van der Waals surface area contributed by atoms with Crippen LogP contribution in [0.1, 0.15) is 24.1 Å². The number of halogens is 2. The van der Waals surface area contributed by atoms with Gasteiger partial charge < -0.3 is 10.1 Å². The first-order chi connectivity index (χ1) is 10.1. The summed E-state index contributed by atoms with van der Waals surface area (Å²) in [5.74, 6) is 0.465. The summed E-state index contributed by atoms with van der Waals surface area (Å²) < 4.78 is 18.7. The molecule has 2 rings (SSSR count). The fraction of sp³-hybridized carbons (Fsp3) is 0.294. The molecular weight excluding hydrogens is 289 g/mol. The zero-order valence-corrected chi connectivity index (χ0v) is 13.0. The highest BCUT2D eigenvalue weighted by atomic mass is 35.5. The molecule has 0 aliphatic rings. The summed E-state index contributed by atoms with van der Waals surface area (Å²) in [5.41, 5.74) is 2.12. The van der Waals surface area contributed by atoms with Gasteiger partial charge in [0.25, 0.3) is 0 Å². The zero-order valence-electron chi connectivity index (χ0n) is 12.2. The van der Waals surface area contributed by atoms with Gasteiger partial charge in [0, 0.05) is 6.04 Å². The molecule has 112 valence electrons. The van der Waals surface area contributed by atoms with Crippen LogP contribution < -0.4 is 10.1 Å². The van der Waals surface area contributed by atoms with Crippen LogP contribution in [0.15, 0.2) is 42.5 Å². The smallest absolute Gasteiger partial charge is 0.141 e. The van der Waals surface area contributed by atoms with Crippen LogP contribution in [-0.2, 0) is 6.42 Å². The molecular formula is C17H19ClFNO. The van der Waals surface area contributed by atoms with Crippen LogP contribution in [0.2, 0.25) is 5.02 Å². The van der Waals surface area contributed by atoms with Gasteiger partial charge in [-0.15, -0.1) is 0 Å². The van der Waals surface area contributed by atoms with Crippen molar-refractivity contribution in [1.29, 1.82) is 0 Å². The Hall–Kier alpha value is -1.58. The Balaban J connectivity index is 2.19. The van der Waals surface area contributed by atoms with Crippen LogP contribution in [0.5, 0.6) is 5.75 Å². The molecule has 2 aromatic rings. The average Bonchev–Trinajstić information content (AvgIpc) is 2.49. The van der Waals surface area contributed by atoms with E-state index in [0.29, 0.717) is 6.61 Å². The summed E-state index contributed by atoms with van der Waals surface area (Å²) in [4.78, 5) is 0. The van der Waals surface area contributed by atoms with Crippen molar-refractivity contribution in [3.63, 3.8) is 0 Å². The molecule has 0 amide bonds. The van der Waals surface area contributed by atoms with Crippen LogP contribution in [-0.4, -0.2) is 13.7 Å². The monoisotopic (exact) mass is 307 g/mol. The Labute approximate surface area is 129 Å². The van der Waals surface area contributed by atoms with Crippen LogP contribution in [0.4, 0.5) is 4.39 Å². The van der Waals surface area contributed by atoms with Crippen molar-refractivity contribution in [2.45, 2.75) is 19.4 Å². The van der Waals surface area contributed by atoms with E-state index in [2.05, 4.69) is 11.4 Å². The second-order valence-corrected chi connectivity index (χ2v) is 5.21. The molecule has 0 saturated heterocycles. The van der Waals surface area contributed by atoms with Gasteiger partial charge in [-0.3, -0.25) is 0 Å². The van der Waals surface area contributed by atoms with Gasteiger partial charge in [-0.1, -0.05) is 29.8 Å². The maximum Gasteiger partial charge on any atom is 0.141 e. The molecule has 0 spiro atoms. The summed E-state index contributed by atoms with van der Waals surface area (Å²) in [6.07, 6.45) is 0.728. The van der Waals surface area contributed by atoms with E-state index < -0.39 is 0 Å². The van der Waals surface area contributed by atoms with E-state index in [-0.39, 0.29) is 16.9 Å². The minimum absolute atomic E-state index is 0.118. The highest BCUT2D eigenvalue weighted by Gasteiger charge is 2.12. The van der Waals surface area contributed by atoms with Gasteiger partial charge in [0.2, 0.25) is 0 Å². The standard InChI is InChI=1S/C17H19ClFNO/c1-3-21-14-6-4-5-13(11-14)17(20-2)10-12-7-8-16(19)15(18)9-12/h4-9,11,17,20H,3,10H2,1-2H3. The molecule has 0 radical (unpaired) electrons. The van der Waals surface area contributed by atoms with E-state index in [4.69, 9.17) is 16.3 Å². The third-order valence-electron chi connectivity index (χ3n) is 3.34. The molecule has 0 aromatic heterocycles. The van der Waals surface area contributed by atoms with E-state index >= 15 is 0 Å². The largest absolute Gasteiger partial charge is 0.494 e. The van der Waals surface area contributed by atoms with Gasteiger partial charge in [0.15, 0.2) is 0 Å². The molecule has 1 N–H and O–H groups in total. The summed E-state index contributed by atoms with van der Waals surface area (Å²) in [6, 6.07) is 12.9. The van der Waals surface area contributed by atoms with Crippen molar-refractivity contribution in [3.8, 4) is 5.75 Å². The number of rotatable bonds is 6. The number of hydrogen-bond donors (Lipinski definition) is 1. The lowest BCUT2D eigenvalue weighted by Crippen LogP contribution is -2.19. The van der Waals surface area contributed by atoms with Gasteiger partial charge in [0.05, 0.1) is 11.6 Å². The lowest BCUT2D eigenvalue weighted by atomic mass is 9.99. The predicted molar refractivity (Wildman–Crippen MR) is 84.5 cm³/mol. The van der Waals surface area contributed by atoms with Gasteiger partial charge in [-0.2, -0.15) is 0 Å². The molecule has 2 aromatic carbocycles. The number of nitrogens with one attached hydrogen (secondary N) is 1. The first-order valence-corrected chi connectivity index (χ1v) is 7.35. The molecule has 0 aliphatic carbocycles. The minimum Gasteiger partial charge on any atom is -0.494 e. The molecule has 21 heavy (non-hydrogen) atoms. The zero-order chi connectivity index (χ0) is 15.2. The molecule has 0 aliphatic heterocycles. The molecule has 0 bridgehead atoms. The van der Waals surface area contributed by atoms with Gasteiger partial charge >= 0.3 is 0 Å². The van der Waals surface area contributed by atoms with Gasteiger partial charge in [-0.25, -0.2) is 4.39 Å². The van der Waals surface area contributed by atoms with Crippen molar-refractivity contribution in [1.82, 2.24) is 5.32 Å². The predicted octanol–water partition coefficient (Wildman–Crippen LogP) is 4.38. The van der Waals surface area contributed by atoms with Crippen molar-refractivity contribution in [3.05, 3.63) is 64.4 Å². The van der Waals surface area contributed by atoms with Crippen molar-refractivity contribution >= 4 is 11.6 Å². The fourth-order valence-corrected chi connectivity index (χ4v) is 2.48. The first-order valence-electron chi connectivity index (χ1n) is 6.98. The number of ether oxygens (including phenoxy) is 1. The van der Waals surface area contributed by atoms with E-state index in [0.717, 1.165) is 23.3 Å². The van der Waals surface area contributed by atoms with E-state index in [1.165, 1.54) is 6.07 Å². The quantitative estimate of drug-likeness (QED) is 0.855. The van der Waals surface area contributed by atoms with Crippen LogP contribution in [0, 0.1) is 5.82 Å². The highest BCUT2D eigenvalue weighted by Crippen LogP contribution is 2.24. The van der Waals surface area contributed by atoms with E-state index in [9.17, 15) is 4.39 Å². The topological polar surface area (TPSA) is 21.3 Å². The van der Waals surface area contributed by atoms with Crippen LogP contribution in [0.3, 0.4) is 0 Å². The summed E-state index contributed by atoms with van der Waals surface area (Å²) in [5, 5.41) is 3.44. The fourth-order valence-electron chi connectivity index (χ4n) is 2.28. The number of hydrogen-bond acceptors (Lipinski definition) is 2. The minimum atomic E-state index is -0.389. The first kappa shape index (κ1) is 15.8. The third kappa shape index (κ3) is 4.19. The number of benzene rings is 2.